The second-order valence-corrected chi connectivity index (χ2v) is 3.23. The first kappa shape index (κ1) is 5.98. The molecule has 10 heavy (non-hydrogen) atoms. The van der Waals surface area contributed by atoms with E-state index in [1.165, 1.54) is 5.69 Å². The van der Waals surface area contributed by atoms with Crippen molar-refractivity contribution in [1.82, 2.24) is 4.98 Å². The number of epoxide rings is 1. The Morgan fingerprint density at radius 1 is 1.60 bits per heavy atom. The van der Waals surface area contributed by atoms with Gasteiger partial charge >= 0.3 is 0 Å². The molecule has 1 N–H and O–H groups in total. The summed E-state index contributed by atoms with van der Waals surface area (Å²) >= 11 is 0. The standard InChI is InChI=1S/C8H11NO/c1-8(2)7(10-8)6-4-3-5-9-6/h3-5,7,9H,1-2H3. The molecule has 1 saturated heterocycles. The maximum absolute atomic E-state index is 5.42. The highest BCUT2D eigenvalue weighted by molar-refractivity contribution is 5.17. The Labute approximate surface area is 60.2 Å². The third-order valence-electron chi connectivity index (χ3n) is 1.90. The molecule has 1 aliphatic heterocycles. The van der Waals surface area contributed by atoms with Crippen molar-refractivity contribution in [3.8, 4) is 0 Å². The predicted molar refractivity (Wildman–Crippen MR) is 38.7 cm³/mol. The number of rotatable bonds is 1. The van der Waals surface area contributed by atoms with E-state index < -0.39 is 0 Å². The number of hydrogen-bond donors (Lipinski definition) is 1. The molecule has 1 aliphatic rings. The molecule has 1 unspecified atom stereocenters. The third-order valence-corrected chi connectivity index (χ3v) is 1.90. The first-order valence-corrected chi connectivity index (χ1v) is 3.51. The van der Waals surface area contributed by atoms with Crippen molar-refractivity contribution < 1.29 is 4.74 Å². The monoisotopic (exact) mass is 137 g/mol. The van der Waals surface area contributed by atoms with Crippen molar-refractivity contribution in [2.45, 2.75) is 25.6 Å². The lowest BCUT2D eigenvalue weighted by molar-refractivity contribution is 0.324. The highest BCUT2D eigenvalue weighted by Gasteiger charge is 2.49. The fourth-order valence-electron chi connectivity index (χ4n) is 1.22. The zero-order valence-corrected chi connectivity index (χ0v) is 6.22. The number of ether oxygens (including phenoxy) is 1. The van der Waals surface area contributed by atoms with Gasteiger partial charge in [-0.15, -0.1) is 0 Å². The maximum atomic E-state index is 5.42. The number of aromatic nitrogens is 1. The SMILES string of the molecule is CC1(C)OC1c1ccc[nH]1. The smallest absolute Gasteiger partial charge is 0.126 e. The molecule has 0 radical (unpaired) electrons. The van der Waals surface area contributed by atoms with Crippen LogP contribution in [0.25, 0.3) is 0 Å². The van der Waals surface area contributed by atoms with E-state index in [9.17, 15) is 0 Å². The fourth-order valence-corrected chi connectivity index (χ4v) is 1.22. The highest BCUT2D eigenvalue weighted by Crippen LogP contribution is 2.47. The fraction of sp³-hybridized carbons (Fsp3) is 0.500. The molecule has 2 nitrogen and oxygen atoms in total. The molecule has 1 fully saturated rings. The minimum atomic E-state index is 0.0604. The highest BCUT2D eigenvalue weighted by atomic mass is 16.6. The molecule has 54 valence electrons. The summed E-state index contributed by atoms with van der Waals surface area (Å²) in [6, 6.07) is 4.05. The average Bonchev–Trinajstić information content (AvgIpc) is 2.31. The average molecular weight is 137 g/mol. The van der Waals surface area contributed by atoms with Crippen LogP contribution in [0.4, 0.5) is 0 Å². The van der Waals surface area contributed by atoms with Gasteiger partial charge in [-0.25, -0.2) is 0 Å². The lowest BCUT2D eigenvalue weighted by Crippen LogP contribution is -1.97. The van der Waals surface area contributed by atoms with E-state index in [4.69, 9.17) is 4.74 Å². The van der Waals surface area contributed by atoms with Crippen molar-refractivity contribution in [2.75, 3.05) is 0 Å². The van der Waals surface area contributed by atoms with Gasteiger partial charge in [-0.1, -0.05) is 0 Å². The van der Waals surface area contributed by atoms with Crippen molar-refractivity contribution >= 4 is 0 Å². The van der Waals surface area contributed by atoms with Crippen LogP contribution in [0.2, 0.25) is 0 Å². The molecule has 0 aliphatic carbocycles. The molecular formula is C8H11NO. The Kier molecular flexibility index (Phi) is 0.980. The lowest BCUT2D eigenvalue weighted by atomic mass is 10.1. The Morgan fingerprint density at radius 3 is 2.70 bits per heavy atom. The molecule has 0 aromatic carbocycles. The predicted octanol–water partition coefficient (Wildman–Crippen LogP) is 1.86. The number of nitrogens with one attached hydrogen (secondary N) is 1. The Hall–Kier alpha value is -0.760. The van der Waals surface area contributed by atoms with Gasteiger partial charge in [0.2, 0.25) is 0 Å². The third kappa shape index (κ3) is 0.762. The Morgan fingerprint density at radius 2 is 2.30 bits per heavy atom. The second-order valence-electron chi connectivity index (χ2n) is 3.23. The molecule has 1 aromatic rings. The minimum Gasteiger partial charge on any atom is -0.363 e. The van der Waals surface area contributed by atoms with Gasteiger partial charge in [-0.05, 0) is 26.0 Å². The van der Waals surface area contributed by atoms with E-state index in [1.54, 1.807) is 0 Å². The van der Waals surface area contributed by atoms with Crippen LogP contribution in [0.5, 0.6) is 0 Å². The molecule has 1 aromatic heterocycles. The largest absolute Gasteiger partial charge is 0.363 e. The van der Waals surface area contributed by atoms with Crippen LogP contribution < -0.4 is 0 Å². The molecule has 2 heterocycles. The van der Waals surface area contributed by atoms with E-state index in [2.05, 4.69) is 24.9 Å². The summed E-state index contributed by atoms with van der Waals surface area (Å²) in [6.45, 7) is 4.19. The van der Waals surface area contributed by atoms with Crippen molar-refractivity contribution in [3.63, 3.8) is 0 Å². The van der Waals surface area contributed by atoms with E-state index in [-0.39, 0.29) is 5.60 Å². The van der Waals surface area contributed by atoms with E-state index in [0.29, 0.717) is 6.10 Å². The van der Waals surface area contributed by atoms with E-state index >= 15 is 0 Å². The van der Waals surface area contributed by atoms with Crippen LogP contribution in [-0.4, -0.2) is 10.6 Å². The first-order valence-electron chi connectivity index (χ1n) is 3.51. The molecular weight excluding hydrogens is 126 g/mol. The summed E-state index contributed by atoms with van der Waals surface area (Å²) in [7, 11) is 0. The summed E-state index contributed by atoms with van der Waals surface area (Å²) in [5.41, 5.74) is 1.25. The van der Waals surface area contributed by atoms with Gasteiger partial charge in [0.15, 0.2) is 0 Å². The summed E-state index contributed by atoms with van der Waals surface area (Å²) in [5, 5.41) is 0. The quantitative estimate of drug-likeness (QED) is 0.588. The molecule has 0 saturated carbocycles. The van der Waals surface area contributed by atoms with Crippen LogP contribution in [0.15, 0.2) is 18.3 Å². The molecule has 1 atom stereocenters. The first-order chi connectivity index (χ1) is 4.70. The maximum Gasteiger partial charge on any atom is 0.126 e. The van der Waals surface area contributed by atoms with Crippen LogP contribution in [-0.2, 0) is 4.74 Å². The van der Waals surface area contributed by atoms with E-state index in [0.717, 1.165) is 0 Å². The zero-order chi connectivity index (χ0) is 7.19. The molecule has 0 spiro atoms. The Balaban J connectivity index is 2.19. The van der Waals surface area contributed by atoms with Gasteiger partial charge in [-0.3, -0.25) is 0 Å². The zero-order valence-electron chi connectivity index (χ0n) is 6.22. The summed E-state index contributed by atoms with van der Waals surface area (Å²) < 4.78 is 5.42. The van der Waals surface area contributed by atoms with Crippen molar-refractivity contribution in [1.29, 1.82) is 0 Å². The Bertz CT molecular complexity index is 225. The van der Waals surface area contributed by atoms with Crippen molar-refractivity contribution in [2.24, 2.45) is 0 Å². The summed E-state index contributed by atoms with van der Waals surface area (Å²) in [6.07, 6.45) is 2.22. The number of hydrogen-bond acceptors (Lipinski definition) is 1. The number of aromatic amines is 1. The number of H-pyrrole nitrogens is 1. The van der Waals surface area contributed by atoms with E-state index in [1.807, 2.05) is 12.3 Å². The van der Waals surface area contributed by atoms with Crippen LogP contribution in [0, 0.1) is 0 Å². The summed E-state index contributed by atoms with van der Waals surface area (Å²) in [4.78, 5) is 3.13. The van der Waals surface area contributed by atoms with Crippen molar-refractivity contribution in [3.05, 3.63) is 24.0 Å². The van der Waals surface area contributed by atoms with Gasteiger partial charge < -0.3 is 9.72 Å². The van der Waals surface area contributed by atoms with Gasteiger partial charge in [-0.2, -0.15) is 0 Å². The van der Waals surface area contributed by atoms with Crippen LogP contribution in [0.1, 0.15) is 25.6 Å². The molecule has 2 rings (SSSR count). The van der Waals surface area contributed by atoms with Gasteiger partial charge in [0.1, 0.15) is 6.10 Å². The topological polar surface area (TPSA) is 28.3 Å². The van der Waals surface area contributed by atoms with Crippen LogP contribution >= 0.6 is 0 Å². The van der Waals surface area contributed by atoms with Gasteiger partial charge in [0.25, 0.3) is 0 Å². The normalized spacial score (nSPS) is 28.4. The molecule has 0 amide bonds. The van der Waals surface area contributed by atoms with Gasteiger partial charge in [0.05, 0.1) is 5.60 Å². The molecule has 0 bridgehead atoms. The minimum absolute atomic E-state index is 0.0604. The van der Waals surface area contributed by atoms with Gasteiger partial charge in [0, 0.05) is 11.9 Å². The molecule has 2 heteroatoms. The second kappa shape index (κ2) is 1.64. The lowest BCUT2D eigenvalue weighted by Gasteiger charge is -1.91. The summed E-state index contributed by atoms with van der Waals surface area (Å²) in [5.74, 6) is 0. The van der Waals surface area contributed by atoms with Crippen LogP contribution in [0.3, 0.4) is 0 Å².